The third-order valence-corrected chi connectivity index (χ3v) is 4.57. The molecule has 2 aromatic carbocycles. The molecule has 3 rings (SSSR count). The fourth-order valence-electron chi connectivity index (χ4n) is 3.06. The Kier molecular flexibility index (Phi) is 5.98. The second-order valence-corrected chi connectivity index (χ2v) is 6.56. The van der Waals surface area contributed by atoms with Crippen LogP contribution < -0.4 is 11.1 Å². The van der Waals surface area contributed by atoms with Crippen LogP contribution in [0, 0.1) is 0 Å². The van der Waals surface area contributed by atoms with Crippen molar-refractivity contribution in [3.8, 4) is 0 Å². The van der Waals surface area contributed by atoms with Crippen LogP contribution in [0.1, 0.15) is 34.3 Å². The summed E-state index contributed by atoms with van der Waals surface area (Å²) in [6.45, 7) is 0.552. The van der Waals surface area contributed by atoms with Crippen molar-refractivity contribution in [2.75, 3.05) is 6.61 Å². The molecule has 0 aromatic heterocycles. The normalized spacial score (nSPS) is 17.3. The van der Waals surface area contributed by atoms with Crippen molar-refractivity contribution in [1.82, 2.24) is 5.32 Å². The molecule has 0 spiro atoms. The SMILES string of the molecule is NC(=O)[C@H](Cc1ccc(C(=O)c2ccccc2)cc1)NC(=O)[C@H]1CCCO1. The van der Waals surface area contributed by atoms with E-state index >= 15 is 0 Å². The molecular weight excluding hydrogens is 344 g/mol. The van der Waals surface area contributed by atoms with Crippen LogP contribution in [-0.4, -0.2) is 36.4 Å². The van der Waals surface area contributed by atoms with E-state index in [1.807, 2.05) is 18.2 Å². The molecule has 1 aliphatic heterocycles. The highest BCUT2D eigenvalue weighted by molar-refractivity contribution is 6.08. The minimum atomic E-state index is -0.822. The van der Waals surface area contributed by atoms with Crippen LogP contribution in [-0.2, 0) is 20.7 Å². The number of hydrogen-bond donors (Lipinski definition) is 2. The first-order chi connectivity index (χ1) is 13.0. The lowest BCUT2D eigenvalue weighted by Gasteiger charge is -2.18. The van der Waals surface area contributed by atoms with Crippen molar-refractivity contribution in [3.05, 3.63) is 71.3 Å². The van der Waals surface area contributed by atoms with E-state index in [2.05, 4.69) is 5.32 Å². The first-order valence-electron chi connectivity index (χ1n) is 8.94. The van der Waals surface area contributed by atoms with Gasteiger partial charge in [0.2, 0.25) is 11.8 Å². The van der Waals surface area contributed by atoms with Gasteiger partial charge in [0.1, 0.15) is 12.1 Å². The molecule has 1 aliphatic rings. The average molecular weight is 366 g/mol. The lowest BCUT2D eigenvalue weighted by molar-refractivity contribution is -0.133. The molecular formula is C21H22N2O4. The van der Waals surface area contributed by atoms with Crippen LogP contribution >= 0.6 is 0 Å². The van der Waals surface area contributed by atoms with E-state index in [4.69, 9.17) is 10.5 Å². The van der Waals surface area contributed by atoms with Gasteiger partial charge < -0.3 is 15.8 Å². The molecule has 0 unspecified atom stereocenters. The van der Waals surface area contributed by atoms with E-state index in [1.165, 1.54) is 0 Å². The molecule has 0 saturated carbocycles. The molecule has 2 atom stereocenters. The first kappa shape index (κ1) is 18.8. The van der Waals surface area contributed by atoms with E-state index in [0.717, 1.165) is 12.0 Å². The zero-order chi connectivity index (χ0) is 19.2. The first-order valence-corrected chi connectivity index (χ1v) is 8.94. The molecule has 0 aliphatic carbocycles. The van der Waals surface area contributed by atoms with Gasteiger partial charge in [-0.1, -0.05) is 54.6 Å². The number of rotatable bonds is 7. The minimum Gasteiger partial charge on any atom is -0.368 e. The maximum Gasteiger partial charge on any atom is 0.249 e. The lowest BCUT2D eigenvalue weighted by Crippen LogP contribution is -2.49. The van der Waals surface area contributed by atoms with Crippen LogP contribution in [0.25, 0.3) is 0 Å². The number of nitrogens with one attached hydrogen (secondary N) is 1. The molecule has 0 bridgehead atoms. The van der Waals surface area contributed by atoms with Crippen molar-refractivity contribution in [1.29, 1.82) is 0 Å². The number of benzene rings is 2. The number of hydrogen-bond acceptors (Lipinski definition) is 4. The molecule has 27 heavy (non-hydrogen) atoms. The number of nitrogens with two attached hydrogens (primary N) is 1. The van der Waals surface area contributed by atoms with Crippen molar-refractivity contribution >= 4 is 17.6 Å². The summed E-state index contributed by atoms with van der Waals surface area (Å²) in [4.78, 5) is 36.3. The standard InChI is InChI=1S/C21H22N2O4/c22-20(25)17(23-21(26)18-7-4-12-27-18)13-14-8-10-16(11-9-14)19(24)15-5-2-1-3-6-15/h1-3,5-6,8-11,17-18H,4,7,12-13H2,(H2,22,25)(H,23,26)/t17-,18+/m0/s1. The Balaban J connectivity index is 1.65. The van der Waals surface area contributed by atoms with Crippen molar-refractivity contribution in [2.24, 2.45) is 5.73 Å². The third kappa shape index (κ3) is 4.80. The van der Waals surface area contributed by atoms with Crippen LogP contribution in [0.4, 0.5) is 0 Å². The highest BCUT2D eigenvalue weighted by Gasteiger charge is 2.27. The van der Waals surface area contributed by atoms with Gasteiger partial charge in [0.05, 0.1) is 0 Å². The minimum absolute atomic E-state index is 0.0692. The fourth-order valence-corrected chi connectivity index (χ4v) is 3.06. The molecule has 1 fully saturated rings. The van der Waals surface area contributed by atoms with Crippen molar-refractivity contribution in [2.45, 2.75) is 31.4 Å². The Labute approximate surface area is 157 Å². The fraction of sp³-hybridized carbons (Fsp3) is 0.286. The number of amides is 2. The quantitative estimate of drug-likeness (QED) is 0.727. The van der Waals surface area contributed by atoms with Crippen molar-refractivity contribution < 1.29 is 19.1 Å². The van der Waals surface area contributed by atoms with Gasteiger partial charge in [-0.2, -0.15) is 0 Å². The zero-order valence-electron chi connectivity index (χ0n) is 14.9. The highest BCUT2D eigenvalue weighted by Crippen LogP contribution is 2.14. The summed E-state index contributed by atoms with van der Waals surface area (Å²) in [6, 6.07) is 15.2. The van der Waals surface area contributed by atoms with E-state index < -0.39 is 18.1 Å². The van der Waals surface area contributed by atoms with Gasteiger partial charge >= 0.3 is 0 Å². The Morgan fingerprint density at radius 2 is 1.70 bits per heavy atom. The number of carbonyl (C=O) groups is 3. The van der Waals surface area contributed by atoms with Gasteiger partial charge in [-0.15, -0.1) is 0 Å². The molecule has 2 aromatic rings. The van der Waals surface area contributed by atoms with Gasteiger partial charge in [0.15, 0.2) is 5.78 Å². The van der Waals surface area contributed by atoms with E-state index in [-0.39, 0.29) is 18.1 Å². The average Bonchev–Trinajstić information content (AvgIpc) is 3.23. The summed E-state index contributed by atoms with van der Waals surface area (Å²) < 4.78 is 5.33. The maximum absolute atomic E-state index is 12.4. The molecule has 0 radical (unpaired) electrons. The van der Waals surface area contributed by atoms with Gasteiger partial charge in [0, 0.05) is 24.2 Å². The van der Waals surface area contributed by atoms with E-state index in [9.17, 15) is 14.4 Å². The third-order valence-electron chi connectivity index (χ3n) is 4.57. The summed E-state index contributed by atoms with van der Waals surface area (Å²) in [6.07, 6.45) is 1.22. The highest BCUT2D eigenvalue weighted by atomic mass is 16.5. The summed E-state index contributed by atoms with van der Waals surface area (Å²) in [5, 5.41) is 2.66. The van der Waals surface area contributed by atoms with E-state index in [1.54, 1.807) is 36.4 Å². The van der Waals surface area contributed by atoms with Crippen LogP contribution in [0.3, 0.4) is 0 Å². The smallest absolute Gasteiger partial charge is 0.249 e. The van der Waals surface area contributed by atoms with E-state index in [0.29, 0.717) is 24.2 Å². The second-order valence-electron chi connectivity index (χ2n) is 6.56. The largest absolute Gasteiger partial charge is 0.368 e. The zero-order valence-corrected chi connectivity index (χ0v) is 14.9. The summed E-state index contributed by atoms with van der Waals surface area (Å²) in [5.74, 6) is -0.988. The number of carbonyl (C=O) groups excluding carboxylic acids is 3. The summed E-state index contributed by atoms with van der Waals surface area (Å²) in [5.41, 5.74) is 7.41. The Hall–Kier alpha value is -2.99. The molecule has 3 N–H and O–H groups in total. The number of primary amides is 1. The maximum atomic E-state index is 12.4. The van der Waals surface area contributed by atoms with Crippen LogP contribution in [0.5, 0.6) is 0 Å². The molecule has 6 heteroatoms. The number of ketones is 1. The van der Waals surface area contributed by atoms with Gasteiger partial charge in [-0.05, 0) is 18.4 Å². The Morgan fingerprint density at radius 3 is 2.30 bits per heavy atom. The summed E-state index contributed by atoms with van der Waals surface area (Å²) in [7, 11) is 0. The van der Waals surface area contributed by atoms with Crippen LogP contribution in [0.15, 0.2) is 54.6 Å². The molecule has 1 heterocycles. The monoisotopic (exact) mass is 366 g/mol. The molecule has 6 nitrogen and oxygen atoms in total. The molecule has 1 saturated heterocycles. The van der Waals surface area contributed by atoms with Crippen molar-refractivity contribution in [3.63, 3.8) is 0 Å². The summed E-state index contributed by atoms with van der Waals surface area (Å²) >= 11 is 0. The molecule has 2 amide bonds. The topological polar surface area (TPSA) is 98.5 Å². The lowest BCUT2D eigenvalue weighted by atomic mass is 9.99. The van der Waals surface area contributed by atoms with Crippen LogP contribution in [0.2, 0.25) is 0 Å². The van der Waals surface area contributed by atoms with Gasteiger partial charge in [-0.3, -0.25) is 14.4 Å². The predicted octanol–water partition coefficient (Wildman–Crippen LogP) is 1.61. The second kappa shape index (κ2) is 8.60. The Bertz CT molecular complexity index is 812. The predicted molar refractivity (Wildman–Crippen MR) is 100 cm³/mol. The van der Waals surface area contributed by atoms with Gasteiger partial charge in [-0.25, -0.2) is 0 Å². The van der Waals surface area contributed by atoms with Gasteiger partial charge in [0.25, 0.3) is 0 Å². The number of ether oxygens (including phenoxy) is 1. The molecule has 140 valence electrons. The Morgan fingerprint density at radius 1 is 1.04 bits per heavy atom.